The lowest BCUT2D eigenvalue weighted by atomic mass is 9.99. The Bertz CT molecular complexity index is 463. The van der Waals surface area contributed by atoms with E-state index in [-0.39, 0.29) is 30.2 Å². The van der Waals surface area contributed by atoms with E-state index in [0.717, 1.165) is 23.8 Å². The summed E-state index contributed by atoms with van der Waals surface area (Å²) in [6.07, 6.45) is 5.88. The fraction of sp³-hybridized carbons (Fsp3) is 0.692. The average molecular weight is 286 g/mol. The van der Waals surface area contributed by atoms with Gasteiger partial charge in [-0.05, 0) is 18.8 Å². The molecule has 2 N–H and O–H groups in total. The highest BCUT2D eigenvalue weighted by molar-refractivity contribution is 5.76. The van der Waals surface area contributed by atoms with Crippen LogP contribution in [0.15, 0.2) is 12.4 Å². The number of nitrogens with two attached hydrogens (primary N) is 1. The van der Waals surface area contributed by atoms with Crippen LogP contribution in [0.5, 0.6) is 0 Å². The van der Waals surface area contributed by atoms with Crippen LogP contribution >= 0.6 is 0 Å². The first-order valence-corrected chi connectivity index (χ1v) is 6.78. The summed E-state index contributed by atoms with van der Waals surface area (Å²) >= 11 is 0. The zero-order valence-corrected chi connectivity index (χ0v) is 11.5. The van der Waals surface area contributed by atoms with E-state index in [1.165, 1.54) is 17.3 Å². The fourth-order valence-electron chi connectivity index (χ4n) is 2.64. The van der Waals surface area contributed by atoms with Crippen LogP contribution in [-0.2, 0) is 11.3 Å². The Labute approximate surface area is 116 Å². The molecule has 1 aromatic heterocycles. The summed E-state index contributed by atoms with van der Waals surface area (Å²) in [4.78, 5) is 17.4. The third-order valence-electron chi connectivity index (χ3n) is 3.92. The summed E-state index contributed by atoms with van der Waals surface area (Å²) in [5.74, 6) is 0.322. The Kier molecular flexibility index (Phi) is 4.69. The first-order valence-electron chi connectivity index (χ1n) is 6.78. The Morgan fingerprint density at radius 2 is 2.35 bits per heavy atom. The minimum atomic E-state index is -2.64. The van der Waals surface area contributed by atoms with E-state index in [1.54, 1.807) is 7.05 Å². The monoisotopic (exact) mass is 286 g/mol. The molecule has 1 aromatic rings. The van der Waals surface area contributed by atoms with Crippen LogP contribution in [0.3, 0.4) is 0 Å². The molecule has 1 aliphatic carbocycles. The largest absolute Gasteiger partial charge is 0.338 e. The number of imidazole rings is 1. The van der Waals surface area contributed by atoms with Crippen molar-refractivity contribution < 1.29 is 13.6 Å². The number of carbonyl (C=O) groups excluding carboxylic acids is 1. The van der Waals surface area contributed by atoms with Crippen molar-refractivity contribution in [2.24, 2.45) is 11.7 Å². The quantitative estimate of drug-likeness (QED) is 0.897. The molecular weight excluding hydrogens is 266 g/mol. The van der Waals surface area contributed by atoms with Gasteiger partial charge in [-0.25, -0.2) is 4.98 Å². The minimum Gasteiger partial charge on any atom is -0.338 e. The molecule has 1 amide bonds. The number of amides is 1. The van der Waals surface area contributed by atoms with Crippen LogP contribution in [0.4, 0.5) is 8.78 Å². The van der Waals surface area contributed by atoms with Crippen LogP contribution in [0.2, 0.25) is 0 Å². The number of alkyl halides is 2. The maximum Gasteiger partial charge on any atom is 0.319 e. The Morgan fingerprint density at radius 1 is 1.60 bits per heavy atom. The van der Waals surface area contributed by atoms with Gasteiger partial charge in [-0.15, -0.1) is 0 Å². The topological polar surface area (TPSA) is 64.2 Å². The Hall–Kier alpha value is -1.50. The summed E-state index contributed by atoms with van der Waals surface area (Å²) in [5, 5.41) is 0. The van der Waals surface area contributed by atoms with Gasteiger partial charge in [-0.3, -0.25) is 9.36 Å². The predicted octanol–water partition coefficient (Wildman–Crippen LogP) is 1.75. The predicted molar refractivity (Wildman–Crippen MR) is 69.9 cm³/mol. The van der Waals surface area contributed by atoms with Crippen molar-refractivity contribution in [1.29, 1.82) is 0 Å². The lowest BCUT2D eigenvalue weighted by Gasteiger charge is -2.21. The highest BCUT2D eigenvalue weighted by atomic mass is 19.3. The summed E-state index contributed by atoms with van der Waals surface area (Å²) < 4.78 is 26.2. The molecule has 5 nitrogen and oxygen atoms in total. The highest BCUT2D eigenvalue weighted by Crippen LogP contribution is 2.27. The molecule has 20 heavy (non-hydrogen) atoms. The number of carbonyl (C=O) groups is 1. The summed E-state index contributed by atoms with van der Waals surface area (Å²) in [5.41, 5.74) is 5.94. The molecule has 0 bridgehead atoms. The molecule has 1 heterocycles. The van der Waals surface area contributed by atoms with Crippen LogP contribution < -0.4 is 5.73 Å². The second kappa shape index (κ2) is 6.30. The molecule has 112 valence electrons. The Balaban J connectivity index is 1.92. The molecule has 0 aromatic carbocycles. The number of nitrogens with zero attached hydrogens (tertiary/aromatic N) is 3. The molecule has 1 fully saturated rings. The lowest BCUT2D eigenvalue weighted by Crippen LogP contribution is -2.33. The summed E-state index contributed by atoms with van der Waals surface area (Å²) in [6.45, 7) is -2.56. The van der Waals surface area contributed by atoms with E-state index in [2.05, 4.69) is 4.98 Å². The summed E-state index contributed by atoms with van der Waals surface area (Å²) in [6, 6.07) is 0.0791. The van der Waals surface area contributed by atoms with Crippen LogP contribution in [0, 0.1) is 5.92 Å². The van der Waals surface area contributed by atoms with Gasteiger partial charge in [0, 0.05) is 31.9 Å². The van der Waals surface area contributed by atoms with Gasteiger partial charge >= 0.3 is 6.55 Å². The van der Waals surface area contributed by atoms with Crippen molar-refractivity contribution in [2.45, 2.75) is 44.8 Å². The van der Waals surface area contributed by atoms with Gasteiger partial charge in [0.1, 0.15) is 5.82 Å². The normalized spacial score (nSPS) is 22.4. The zero-order chi connectivity index (χ0) is 14.7. The molecule has 1 saturated carbocycles. The molecule has 0 radical (unpaired) electrons. The fourth-order valence-corrected chi connectivity index (χ4v) is 2.64. The van der Waals surface area contributed by atoms with E-state index in [9.17, 15) is 13.6 Å². The van der Waals surface area contributed by atoms with Gasteiger partial charge in [0.15, 0.2) is 0 Å². The second-order valence-electron chi connectivity index (χ2n) is 5.34. The van der Waals surface area contributed by atoms with Crippen molar-refractivity contribution >= 4 is 5.91 Å². The van der Waals surface area contributed by atoms with Crippen molar-refractivity contribution in [3.8, 4) is 0 Å². The lowest BCUT2D eigenvalue weighted by molar-refractivity contribution is -0.131. The minimum absolute atomic E-state index is 0.0730. The van der Waals surface area contributed by atoms with Gasteiger partial charge in [0.05, 0.1) is 6.54 Å². The average Bonchev–Trinajstić information content (AvgIpc) is 2.99. The maximum absolute atomic E-state index is 12.7. The van der Waals surface area contributed by atoms with Gasteiger partial charge in [-0.1, -0.05) is 6.42 Å². The number of hydrogen-bond acceptors (Lipinski definition) is 3. The second-order valence-corrected chi connectivity index (χ2v) is 5.34. The summed E-state index contributed by atoms with van der Waals surface area (Å²) in [7, 11) is 1.60. The first-order chi connectivity index (χ1) is 9.49. The molecule has 2 rings (SSSR count). The van der Waals surface area contributed by atoms with E-state index in [4.69, 9.17) is 5.73 Å². The highest BCUT2D eigenvalue weighted by Gasteiger charge is 2.27. The molecule has 0 unspecified atom stereocenters. The number of aromatic nitrogens is 2. The van der Waals surface area contributed by atoms with Crippen LogP contribution in [-0.4, -0.2) is 33.4 Å². The van der Waals surface area contributed by atoms with E-state index >= 15 is 0 Å². The molecule has 0 aliphatic heterocycles. The zero-order valence-electron chi connectivity index (χ0n) is 11.5. The smallest absolute Gasteiger partial charge is 0.319 e. The van der Waals surface area contributed by atoms with Crippen molar-refractivity contribution in [3.05, 3.63) is 18.2 Å². The van der Waals surface area contributed by atoms with Crippen molar-refractivity contribution in [2.75, 3.05) is 7.05 Å². The van der Waals surface area contributed by atoms with E-state index in [1.807, 2.05) is 0 Å². The number of rotatable bonds is 5. The third kappa shape index (κ3) is 3.33. The first kappa shape index (κ1) is 14.9. The molecular formula is C13H20F2N4O. The maximum atomic E-state index is 12.7. The van der Waals surface area contributed by atoms with Gasteiger partial charge in [-0.2, -0.15) is 8.78 Å². The van der Waals surface area contributed by atoms with Crippen molar-refractivity contribution in [3.63, 3.8) is 0 Å². The molecule has 0 saturated heterocycles. The molecule has 7 heteroatoms. The van der Waals surface area contributed by atoms with Crippen LogP contribution in [0.25, 0.3) is 0 Å². The Morgan fingerprint density at radius 3 is 2.95 bits per heavy atom. The number of halogens is 2. The van der Waals surface area contributed by atoms with E-state index in [0.29, 0.717) is 6.42 Å². The molecule has 1 aliphatic rings. The van der Waals surface area contributed by atoms with Gasteiger partial charge < -0.3 is 10.6 Å². The van der Waals surface area contributed by atoms with Crippen LogP contribution in [0.1, 0.15) is 38.1 Å². The molecule has 2 atom stereocenters. The third-order valence-corrected chi connectivity index (χ3v) is 3.92. The van der Waals surface area contributed by atoms with E-state index < -0.39 is 6.55 Å². The standard InChI is InChI=1S/C13H20F2N4O/c1-18(8-11-17-5-6-19(11)13(14)15)12(20)7-9-3-2-4-10(9)16/h5-6,9-10,13H,2-4,7-8,16H2,1H3/t9-,10+/m0/s1. The SMILES string of the molecule is CN(Cc1nccn1C(F)F)C(=O)C[C@@H]1CCC[C@H]1N. The molecule has 0 spiro atoms. The van der Waals surface area contributed by atoms with Crippen molar-refractivity contribution in [1.82, 2.24) is 14.5 Å². The van der Waals surface area contributed by atoms with Gasteiger partial charge in [0.25, 0.3) is 0 Å². The number of hydrogen-bond donors (Lipinski definition) is 1. The van der Waals surface area contributed by atoms with Gasteiger partial charge in [0.2, 0.25) is 5.91 Å².